The van der Waals surface area contributed by atoms with Crippen molar-refractivity contribution in [1.29, 1.82) is 0 Å². The SMILES string of the molecule is Cc1noc(-c2ccc(N3CCCC4(CNC(=O)O4)C3)nc2)n1. The normalized spacial score (nSPS) is 23.9. The summed E-state index contributed by atoms with van der Waals surface area (Å²) in [5, 5.41) is 6.53. The zero-order valence-corrected chi connectivity index (χ0v) is 12.8. The number of ether oxygens (including phenoxy) is 1. The number of nitrogens with zero attached hydrogens (tertiary/aromatic N) is 4. The van der Waals surface area contributed by atoms with Crippen molar-refractivity contribution in [3.63, 3.8) is 0 Å². The number of amides is 1. The third-order valence-corrected chi connectivity index (χ3v) is 4.25. The Labute approximate surface area is 132 Å². The lowest BCUT2D eigenvalue weighted by Crippen LogP contribution is -2.50. The van der Waals surface area contributed by atoms with Gasteiger partial charge in [0.2, 0.25) is 0 Å². The molecule has 1 amide bonds. The number of pyridine rings is 1. The van der Waals surface area contributed by atoms with Crippen molar-refractivity contribution in [2.75, 3.05) is 24.5 Å². The van der Waals surface area contributed by atoms with Crippen LogP contribution in [0.1, 0.15) is 18.7 Å². The Morgan fingerprint density at radius 1 is 1.39 bits per heavy atom. The van der Waals surface area contributed by atoms with Gasteiger partial charge >= 0.3 is 6.09 Å². The van der Waals surface area contributed by atoms with Crippen LogP contribution in [0.15, 0.2) is 22.9 Å². The minimum Gasteiger partial charge on any atom is -0.439 e. The summed E-state index contributed by atoms with van der Waals surface area (Å²) in [6.07, 6.45) is 3.23. The molecular formula is C15H17N5O3. The van der Waals surface area contributed by atoms with Gasteiger partial charge in [0.25, 0.3) is 5.89 Å². The lowest BCUT2D eigenvalue weighted by atomic mass is 9.93. The summed E-state index contributed by atoms with van der Waals surface area (Å²) in [7, 11) is 0. The Balaban J connectivity index is 1.52. The van der Waals surface area contributed by atoms with E-state index in [0.29, 0.717) is 24.8 Å². The number of aryl methyl sites for hydroxylation is 1. The number of aromatic nitrogens is 3. The van der Waals surface area contributed by atoms with Gasteiger partial charge in [-0.3, -0.25) is 0 Å². The molecule has 4 heterocycles. The van der Waals surface area contributed by atoms with Crippen LogP contribution in [0.4, 0.5) is 10.6 Å². The molecule has 23 heavy (non-hydrogen) atoms. The van der Waals surface area contributed by atoms with Gasteiger partial charge in [0.1, 0.15) is 11.4 Å². The van der Waals surface area contributed by atoms with Crippen molar-refractivity contribution in [2.45, 2.75) is 25.4 Å². The number of rotatable bonds is 2. The van der Waals surface area contributed by atoms with Crippen molar-refractivity contribution in [3.05, 3.63) is 24.2 Å². The zero-order chi connectivity index (χ0) is 15.9. The monoisotopic (exact) mass is 315 g/mol. The first-order valence-electron chi connectivity index (χ1n) is 7.62. The van der Waals surface area contributed by atoms with Crippen LogP contribution >= 0.6 is 0 Å². The van der Waals surface area contributed by atoms with Gasteiger partial charge < -0.3 is 19.5 Å². The fourth-order valence-electron chi connectivity index (χ4n) is 3.14. The highest BCUT2D eigenvalue weighted by atomic mass is 16.6. The number of anilines is 1. The first-order chi connectivity index (χ1) is 11.1. The van der Waals surface area contributed by atoms with Gasteiger partial charge in [-0.15, -0.1) is 0 Å². The highest BCUT2D eigenvalue weighted by Crippen LogP contribution is 2.30. The van der Waals surface area contributed by atoms with Gasteiger partial charge in [0, 0.05) is 12.7 Å². The van der Waals surface area contributed by atoms with Crippen LogP contribution in [-0.2, 0) is 4.74 Å². The molecule has 8 nitrogen and oxygen atoms in total. The van der Waals surface area contributed by atoms with Crippen LogP contribution in [0.25, 0.3) is 11.5 Å². The average Bonchev–Trinajstić information content (AvgIpc) is 3.14. The van der Waals surface area contributed by atoms with Crippen molar-refractivity contribution < 1.29 is 14.1 Å². The van der Waals surface area contributed by atoms with Crippen LogP contribution < -0.4 is 10.2 Å². The first kappa shape index (κ1) is 14.0. The van der Waals surface area contributed by atoms with Gasteiger partial charge in [0.05, 0.1) is 18.7 Å². The maximum absolute atomic E-state index is 11.4. The second-order valence-electron chi connectivity index (χ2n) is 6.00. The number of piperidine rings is 1. The molecule has 0 radical (unpaired) electrons. The number of hydrogen-bond acceptors (Lipinski definition) is 7. The van der Waals surface area contributed by atoms with E-state index in [1.807, 2.05) is 12.1 Å². The van der Waals surface area contributed by atoms with E-state index >= 15 is 0 Å². The average molecular weight is 315 g/mol. The molecule has 8 heteroatoms. The molecule has 2 aliphatic rings. The van der Waals surface area contributed by atoms with E-state index in [4.69, 9.17) is 9.26 Å². The van der Waals surface area contributed by atoms with Crippen LogP contribution in [0.3, 0.4) is 0 Å². The maximum atomic E-state index is 11.4. The fraction of sp³-hybridized carbons (Fsp3) is 0.467. The number of nitrogens with one attached hydrogen (secondary N) is 1. The highest BCUT2D eigenvalue weighted by molar-refractivity contribution is 5.70. The maximum Gasteiger partial charge on any atom is 0.407 e. The Kier molecular flexibility index (Phi) is 3.17. The van der Waals surface area contributed by atoms with E-state index in [1.54, 1.807) is 13.1 Å². The molecule has 0 saturated carbocycles. The van der Waals surface area contributed by atoms with Crippen LogP contribution in [0.2, 0.25) is 0 Å². The Hall–Kier alpha value is -2.64. The summed E-state index contributed by atoms with van der Waals surface area (Å²) in [4.78, 5) is 22.2. The lowest BCUT2D eigenvalue weighted by molar-refractivity contribution is 0.0445. The fourth-order valence-corrected chi connectivity index (χ4v) is 3.14. The first-order valence-corrected chi connectivity index (χ1v) is 7.62. The molecule has 0 bridgehead atoms. The molecule has 2 saturated heterocycles. The second kappa shape index (κ2) is 5.22. The standard InChI is InChI=1S/C15H17N5O3/c1-10-18-13(23-19-10)11-3-4-12(16-7-11)20-6-2-5-15(9-20)8-17-14(21)22-15/h3-4,7H,2,5-6,8-9H2,1H3,(H,17,21). The third kappa shape index (κ3) is 2.60. The van der Waals surface area contributed by atoms with Gasteiger partial charge in [-0.1, -0.05) is 5.16 Å². The van der Waals surface area contributed by atoms with E-state index in [2.05, 4.69) is 25.3 Å². The quantitative estimate of drug-likeness (QED) is 0.898. The van der Waals surface area contributed by atoms with Crippen LogP contribution in [0.5, 0.6) is 0 Å². The van der Waals surface area contributed by atoms with Crippen LogP contribution in [0, 0.1) is 6.92 Å². The second-order valence-corrected chi connectivity index (χ2v) is 6.00. The van der Waals surface area contributed by atoms with Gasteiger partial charge in [-0.2, -0.15) is 4.98 Å². The summed E-state index contributed by atoms with van der Waals surface area (Å²) >= 11 is 0. The smallest absolute Gasteiger partial charge is 0.407 e. The predicted molar refractivity (Wildman–Crippen MR) is 80.9 cm³/mol. The summed E-state index contributed by atoms with van der Waals surface area (Å²) in [6.45, 7) is 3.88. The summed E-state index contributed by atoms with van der Waals surface area (Å²) in [5.41, 5.74) is 0.356. The predicted octanol–water partition coefficient (Wildman–Crippen LogP) is 1.52. The minimum atomic E-state index is -0.431. The van der Waals surface area contributed by atoms with E-state index in [-0.39, 0.29) is 6.09 Å². The van der Waals surface area contributed by atoms with Crippen molar-refractivity contribution in [3.8, 4) is 11.5 Å². The van der Waals surface area contributed by atoms with Crippen molar-refractivity contribution >= 4 is 11.9 Å². The molecule has 1 atom stereocenters. The molecule has 0 aliphatic carbocycles. The number of carbonyl (C=O) groups is 1. The summed E-state index contributed by atoms with van der Waals surface area (Å²) in [6, 6.07) is 3.84. The van der Waals surface area contributed by atoms with E-state index in [0.717, 1.165) is 30.8 Å². The largest absolute Gasteiger partial charge is 0.439 e. The Bertz CT molecular complexity index is 729. The van der Waals surface area contributed by atoms with Gasteiger partial charge in [0.15, 0.2) is 5.82 Å². The molecule has 4 rings (SSSR count). The molecule has 120 valence electrons. The number of carbonyl (C=O) groups excluding carboxylic acids is 1. The van der Waals surface area contributed by atoms with Crippen molar-refractivity contribution in [2.24, 2.45) is 0 Å². The molecule has 1 unspecified atom stereocenters. The number of hydrogen-bond donors (Lipinski definition) is 1. The molecule has 2 aliphatic heterocycles. The van der Waals surface area contributed by atoms with Gasteiger partial charge in [-0.25, -0.2) is 9.78 Å². The van der Waals surface area contributed by atoms with E-state index in [1.165, 1.54) is 0 Å². The summed E-state index contributed by atoms with van der Waals surface area (Å²) in [5.74, 6) is 1.91. The molecule has 1 spiro atoms. The van der Waals surface area contributed by atoms with Crippen molar-refractivity contribution in [1.82, 2.24) is 20.4 Å². The summed E-state index contributed by atoms with van der Waals surface area (Å²) < 4.78 is 10.6. The lowest BCUT2D eigenvalue weighted by Gasteiger charge is -2.38. The number of alkyl carbamates (subject to hydrolysis) is 1. The highest BCUT2D eigenvalue weighted by Gasteiger charge is 2.44. The van der Waals surface area contributed by atoms with Gasteiger partial charge in [-0.05, 0) is 31.9 Å². The molecule has 2 fully saturated rings. The topological polar surface area (TPSA) is 93.4 Å². The van der Waals surface area contributed by atoms with E-state index in [9.17, 15) is 4.79 Å². The van der Waals surface area contributed by atoms with Crippen LogP contribution in [-0.4, -0.2) is 46.5 Å². The Morgan fingerprint density at radius 2 is 2.30 bits per heavy atom. The molecule has 2 aromatic rings. The Morgan fingerprint density at radius 3 is 2.96 bits per heavy atom. The zero-order valence-electron chi connectivity index (χ0n) is 12.8. The molecule has 0 aromatic carbocycles. The molecule has 1 N–H and O–H groups in total. The minimum absolute atomic E-state index is 0.332. The molecular weight excluding hydrogens is 298 g/mol. The third-order valence-electron chi connectivity index (χ3n) is 4.25. The van der Waals surface area contributed by atoms with E-state index < -0.39 is 5.60 Å². The molecule has 2 aromatic heterocycles.